The topological polar surface area (TPSA) is 74.4 Å². The lowest BCUT2D eigenvalue weighted by molar-refractivity contribution is 0.247. The molecule has 1 aliphatic heterocycles. The number of anilines is 3. The minimum atomic E-state index is 0.290. The third-order valence-electron chi connectivity index (χ3n) is 3.69. The van der Waals surface area contributed by atoms with Gasteiger partial charge in [0.1, 0.15) is 0 Å². The van der Waals surface area contributed by atoms with Gasteiger partial charge in [-0.05, 0) is 12.8 Å². The van der Waals surface area contributed by atoms with Crippen LogP contribution in [0.2, 0.25) is 0 Å². The van der Waals surface area contributed by atoms with Crippen LogP contribution in [-0.4, -0.2) is 66.2 Å². The standard InChI is InChI=1S/C12H21N7/c1-17(2)11-14-10(13)15-12(16-11)19-7-5-18(6-8-19)9-3-4-9/h9H,3-8H2,1-2H3,(H2,13,14,15,16). The fourth-order valence-electron chi connectivity index (χ4n) is 2.44. The molecule has 104 valence electrons. The van der Waals surface area contributed by atoms with E-state index >= 15 is 0 Å². The molecule has 7 nitrogen and oxygen atoms in total. The van der Waals surface area contributed by atoms with E-state index in [-0.39, 0.29) is 0 Å². The van der Waals surface area contributed by atoms with Gasteiger partial charge in [0, 0.05) is 46.3 Å². The second-order valence-corrected chi connectivity index (χ2v) is 5.44. The van der Waals surface area contributed by atoms with Gasteiger partial charge in [-0.1, -0.05) is 0 Å². The third-order valence-corrected chi connectivity index (χ3v) is 3.69. The number of rotatable bonds is 3. The van der Waals surface area contributed by atoms with E-state index in [0.717, 1.165) is 32.2 Å². The summed E-state index contributed by atoms with van der Waals surface area (Å²) in [6, 6.07) is 0.836. The third kappa shape index (κ3) is 2.70. The van der Waals surface area contributed by atoms with Crippen molar-refractivity contribution in [1.29, 1.82) is 0 Å². The summed E-state index contributed by atoms with van der Waals surface area (Å²) in [7, 11) is 3.81. The van der Waals surface area contributed by atoms with E-state index in [0.29, 0.717) is 17.8 Å². The van der Waals surface area contributed by atoms with E-state index in [9.17, 15) is 0 Å². The highest BCUT2D eigenvalue weighted by atomic mass is 15.4. The molecule has 0 atom stereocenters. The van der Waals surface area contributed by atoms with Crippen molar-refractivity contribution in [3.63, 3.8) is 0 Å². The van der Waals surface area contributed by atoms with Gasteiger partial charge < -0.3 is 15.5 Å². The number of hydrogen-bond acceptors (Lipinski definition) is 7. The average Bonchev–Trinajstić information content (AvgIpc) is 3.22. The molecule has 0 amide bonds. The lowest BCUT2D eigenvalue weighted by Gasteiger charge is -2.34. The second kappa shape index (κ2) is 4.80. The maximum Gasteiger partial charge on any atom is 0.232 e. The Morgan fingerprint density at radius 2 is 1.74 bits per heavy atom. The first kappa shape index (κ1) is 12.4. The van der Waals surface area contributed by atoms with Crippen molar-refractivity contribution in [2.75, 3.05) is 55.8 Å². The van der Waals surface area contributed by atoms with E-state index in [2.05, 4.69) is 24.8 Å². The second-order valence-electron chi connectivity index (χ2n) is 5.44. The Morgan fingerprint density at radius 1 is 1.05 bits per heavy atom. The minimum Gasteiger partial charge on any atom is -0.368 e. The van der Waals surface area contributed by atoms with Gasteiger partial charge in [-0.3, -0.25) is 4.90 Å². The van der Waals surface area contributed by atoms with Crippen LogP contribution in [0.3, 0.4) is 0 Å². The van der Waals surface area contributed by atoms with Crippen LogP contribution in [0.4, 0.5) is 17.8 Å². The van der Waals surface area contributed by atoms with Crippen molar-refractivity contribution < 1.29 is 0 Å². The highest BCUT2D eigenvalue weighted by molar-refractivity contribution is 5.43. The first-order valence-corrected chi connectivity index (χ1v) is 6.81. The maximum absolute atomic E-state index is 5.76. The van der Waals surface area contributed by atoms with Crippen molar-refractivity contribution in [1.82, 2.24) is 19.9 Å². The van der Waals surface area contributed by atoms with Gasteiger partial charge in [0.05, 0.1) is 0 Å². The number of nitrogens with zero attached hydrogens (tertiary/aromatic N) is 6. The van der Waals surface area contributed by atoms with E-state index in [1.807, 2.05) is 19.0 Å². The normalized spacial score (nSPS) is 20.6. The van der Waals surface area contributed by atoms with E-state index in [1.165, 1.54) is 12.8 Å². The zero-order chi connectivity index (χ0) is 13.4. The molecule has 1 saturated carbocycles. The monoisotopic (exact) mass is 263 g/mol. The molecule has 7 heteroatoms. The maximum atomic E-state index is 5.76. The molecule has 2 N–H and O–H groups in total. The van der Waals surface area contributed by atoms with Crippen molar-refractivity contribution in [2.24, 2.45) is 0 Å². The molecular weight excluding hydrogens is 242 g/mol. The fraction of sp³-hybridized carbons (Fsp3) is 0.750. The average molecular weight is 263 g/mol. The van der Waals surface area contributed by atoms with Gasteiger partial charge in [0.25, 0.3) is 0 Å². The first-order chi connectivity index (χ1) is 9.13. The van der Waals surface area contributed by atoms with Crippen LogP contribution in [0.25, 0.3) is 0 Å². The first-order valence-electron chi connectivity index (χ1n) is 6.81. The summed E-state index contributed by atoms with van der Waals surface area (Å²) in [5.41, 5.74) is 5.76. The van der Waals surface area contributed by atoms with Gasteiger partial charge in [0.2, 0.25) is 17.8 Å². The van der Waals surface area contributed by atoms with Gasteiger partial charge in [-0.15, -0.1) is 0 Å². The molecule has 1 saturated heterocycles. The lowest BCUT2D eigenvalue weighted by atomic mass is 10.3. The van der Waals surface area contributed by atoms with Gasteiger partial charge in [-0.2, -0.15) is 15.0 Å². The summed E-state index contributed by atoms with van der Waals surface area (Å²) < 4.78 is 0. The molecule has 0 radical (unpaired) electrons. The minimum absolute atomic E-state index is 0.290. The molecule has 0 spiro atoms. The van der Waals surface area contributed by atoms with Crippen LogP contribution >= 0.6 is 0 Å². The number of hydrogen-bond donors (Lipinski definition) is 1. The predicted molar refractivity (Wildman–Crippen MR) is 75.4 cm³/mol. The van der Waals surface area contributed by atoms with E-state index < -0.39 is 0 Å². The quantitative estimate of drug-likeness (QED) is 0.809. The molecule has 0 unspecified atom stereocenters. The molecule has 2 heterocycles. The number of piperazine rings is 1. The predicted octanol–water partition coefficient (Wildman–Crippen LogP) is -0.196. The summed E-state index contributed by atoms with van der Waals surface area (Å²) in [5, 5.41) is 0. The van der Waals surface area contributed by atoms with E-state index in [4.69, 9.17) is 5.73 Å². The van der Waals surface area contributed by atoms with Gasteiger partial charge in [0.15, 0.2) is 0 Å². The summed E-state index contributed by atoms with van der Waals surface area (Å²) in [5.74, 6) is 1.61. The van der Waals surface area contributed by atoms with Gasteiger partial charge in [-0.25, -0.2) is 0 Å². The Balaban J connectivity index is 1.71. The summed E-state index contributed by atoms with van der Waals surface area (Å²) in [6.45, 7) is 4.11. The van der Waals surface area contributed by atoms with Crippen molar-refractivity contribution in [2.45, 2.75) is 18.9 Å². The largest absolute Gasteiger partial charge is 0.368 e. The molecule has 2 aliphatic rings. The van der Waals surface area contributed by atoms with Crippen molar-refractivity contribution in [3.05, 3.63) is 0 Å². The summed E-state index contributed by atoms with van der Waals surface area (Å²) >= 11 is 0. The highest BCUT2D eigenvalue weighted by Crippen LogP contribution is 2.28. The molecule has 1 aromatic heterocycles. The fourth-order valence-corrected chi connectivity index (χ4v) is 2.44. The molecule has 1 aliphatic carbocycles. The Hall–Kier alpha value is -1.63. The zero-order valence-corrected chi connectivity index (χ0v) is 11.6. The number of aromatic nitrogens is 3. The highest BCUT2D eigenvalue weighted by Gasteiger charge is 2.31. The van der Waals surface area contributed by atoms with Crippen LogP contribution in [0.1, 0.15) is 12.8 Å². The lowest BCUT2D eigenvalue weighted by Crippen LogP contribution is -2.47. The van der Waals surface area contributed by atoms with Crippen LogP contribution in [0.5, 0.6) is 0 Å². The molecule has 2 fully saturated rings. The Morgan fingerprint density at radius 3 is 2.32 bits per heavy atom. The van der Waals surface area contributed by atoms with Crippen molar-refractivity contribution >= 4 is 17.8 Å². The van der Waals surface area contributed by atoms with Gasteiger partial charge >= 0.3 is 0 Å². The molecule has 0 bridgehead atoms. The Labute approximate surface area is 113 Å². The molecular formula is C12H21N7. The molecule has 19 heavy (non-hydrogen) atoms. The SMILES string of the molecule is CN(C)c1nc(N)nc(N2CCN(C3CC3)CC2)n1. The number of nitrogen functional groups attached to an aromatic ring is 1. The molecule has 1 aromatic rings. The van der Waals surface area contributed by atoms with E-state index in [1.54, 1.807) is 0 Å². The Bertz CT molecular complexity index is 449. The van der Waals surface area contributed by atoms with Crippen LogP contribution in [0, 0.1) is 0 Å². The van der Waals surface area contributed by atoms with Crippen LogP contribution in [0.15, 0.2) is 0 Å². The van der Waals surface area contributed by atoms with Crippen molar-refractivity contribution in [3.8, 4) is 0 Å². The summed E-state index contributed by atoms with van der Waals surface area (Å²) in [6.07, 6.45) is 2.73. The smallest absolute Gasteiger partial charge is 0.232 e. The van der Waals surface area contributed by atoms with Crippen LogP contribution in [-0.2, 0) is 0 Å². The molecule has 3 rings (SSSR count). The Kier molecular flexibility index (Phi) is 3.14. The zero-order valence-electron chi connectivity index (χ0n) is 11.6. The number of nitrogens with two attached hydrogens (primary N) is 1. The molecule has 0 aromatic carbocycles. The summed E-state index contributed by atoms with van der Waals surface area (Å²) in [4.78, 5) is 19.5. The van der Waals surface area contributed by atoms with Crippen LogP contribution < -0.4 is 15.5 Å².